The van der Waals surface area contributed by atoms with Gasteiger partial charge in [0.2, 0.25) is 0 Å². The Hall–Kier alpha value is -0.860. The number of rotatable bonds is 1. The van der Waals surface area contributed by atoms with E-state index in [1.165, 1.54) is 6.07 Å². The first-order valence-electron chi connectivity index (χ1n) is 5.36. The molecule has 4 heteroatoms. The molecular weight excluding hydrogens is 260 g/mol. The van der Waals surface area contributed by atoms with Crippen LogP contribution in [0.5, 0.6) is 0 Å². The summed E-state index contributed by atoms with van der Waals surface area (Å²) in [5.41, 5.74) is 1.99. The summed E-state index contributed by atoms with van der Waals surface area (Å²) in [5.74, 6) is -0.200. The molecule has 0 amide bonds. The molecule has 0 aliphatic heterocycles. The minimum absolute atomic E-state index is 0.237. The third kappa shape index (κ3) is 2.12. The summed E-state index contributed by atoms with van der Waals surface area (Å²) in [5, 5.41) is 1.45. The molecule has 1 heterocycles. The number of fused-ring (bicyclic) bond motifs is 1. The van der Waals surface area contributed by atoms with E-state index in [-0.39, 0.29) is 11.4 Å². The molecule has 0 radical (unpaired) electrons. The zero-order chi connectivity index (χ0) is 12.7. The molecule has 0 unspecified atom stereocenters. The van der Waals surface area contributed by atoms with Gasteiger partial charge < -0.3 is 0 Å². The van der Waals surface area contributed by atoms with E-state index in [2.05, 4.69) is 4.98 Å². The van der Waals surface area contributed by atoms with Gasteiger partial charge in [-0.25, -0.2) is 9.37 Å². The highest BCUT2D eigenvalue weighted by Crippen LogP contribution is 2.35. The van der Waals surface area contributed by atoms with Crippen LogP contribution in [0.25, 0.3) is 10.9 Å². The molecular formula is C13H12Cl2FN. The minimum Gasteiger partial charge on any atom is -0.250 e. The van der Waals surface area contributed by atoms with Gasteiger partial charge in [0.1, 0.15) is 5.52 Å². The van der Waals surface area contributed by atoms with E-state index >= 15 is 0 Å². The van der Waals surface area contributed by atoms with Gasteiger partial charge in [-0.3, -0.25) is 0 Å². The second-order valence-electron chi connectivity index (χ2n) is 4.36. The maximum atomic E-state index is 13.7. The van der Waals surface area contributed by atoms with Gasteiger partial charge in [-0.2, -0.15) is 0 Å². The summed E-state index contributed by atoms with van der Waals surface area (Å²) in [4.78, 5) is 4.28. The van der Waals surface area contributed by atoms with Crippen molar-refractivity contribution in [2.24, 2.45) is 0 Å². The van der Waals surface area contributed by atoms with Gasteiger partial charge in [-0.1, -0.05) is 37.0 Å². The molecule has 0 spiro atoms. The third-order valence-corrected chi connectivity index (χ3v) is 3.37. The van der Waals surface area contributed by atoms with E-state index in [4.69, 9.17) is 23.2 Å². The smallest absolute Gasteiger partial charge is 0.150 e. The van der Waals surface area contributed by atoms with Crippen molar-refractivity contribution < 1.29 is 4.39 Å². The van der Waals surface area contributed by atoms with Crippen molar-refractivity contribution in [3.8, 4) is 0 Å². The lowest BCUT2D eigenvalue weighted by Crippen LogP contribution is -1.99. The fourth-order valence-electron chi connectivity index (χ4n) is 2.05. The van der Waals surface area contributed by atoms with Crippen molar-refractivity contribution in [3.05, 3.63) is 39.3 Å². The van der Waals surface area contributed by atoms with Crippen LogP contribution < -0.4 is 0 Å². The number of aryl methyl sites for hydroxylation is 1. The van der Waals surface area contributed by atoms with Gasteiger partial charge in [0.25, 0.3) is 0 Å². The molecule has 0 saturated carbocycles. The molecule has 0 aliphatic rings. The summed E-state index contributed by atoms with van der Waals surface area (Å²) in [6.45, 7) is 5.90. The number of benzene rings is 1. The van der Waals surface area contributed by atoms with Gasteiger partial charge in [0.05, 0.1) is 5.02 Å². The molecule has 0 fully saturated rings. The van der Waals surface area contributed by atoms with Crippen LogP contribution in [0.4, 0.5) is 4.39 Å². The number of pyridine rings is 1. The van der Waals surface area contributed by atoms with Crippen LogP contribution in [-0.4, -0.2) is 4.98 Å². The zero-order valence-electron chi connectivity index (χ0n) is 9.81. The highest BCUT2D eigenvalue weighted by molar-refractivity contribution is 6.37. The zero-order valence-corrected chi connectivity index (χ0v) is 11.3. The van der Waals surface area contributed by atoms with E-state index in [9.17, 15) is 4.39 Å². The van der Waals surface area contributed by atoms with Crippen molar-refractivity contribution in [1.29, 1.82) is 0 Å². The van der Waals surface area contributed by atoms with E-state index in [0.717, 1.165) is 11.3 Å². The average molecular weight is 272 g/mol. The van der Waals surface area contributed by atoms with E-state index in [1.807, 2.05) is 20.8 Å². The quantitative estimate of drug-likeness (QED) is 0.702. The topological polar surface area (TPSA) is 12.9 Å². The fourth-order valence-corrected chi connectivity index (χ4v) is 2.75. The molecule has 1 nitrogen and oxygen atoms in total. The maximum Gasteiger partial charge on any atom is 0.150 e. The van der Waals surface area contributed by atoms with Crippen molar-refractivity contribution in [2.45, 2.75) is 26.7 Å². The van der Waals surface area contributed by atoms with Crippen molar-refractivity contribution >= 4 is 34.1 Å². The molecule has 1 aromatic heterocycles. The molecule has 0 atom stereocenters. The Morgan fingerprint density at radius 1 is 1.24 bits per heavy atom. The first-order chi connectivity index (χ1) is 7.91. The van der Waals surface area contributed by atoms with Crippen molar-refractivity contribution in [1.82, 2.24) is 4.98 Å². The molecule has 2 aromatic rings. The summed E-state index contributed by atoms with van der Waals surface area (Å²) in [6.07, 6.45) is 0. The molecule has 2 rings (SSSR count). The predicted octanol–water partition coefficient (Wildman–Crippen LogP) is 5.11. The number of hydrogen-bond donors (Lipinski definition) is 0. The Morgan fingerprint density at radius 2 is 1.88 bits per heavy atom. The maximum absolute atomic E-state index is 13.7. The molecule has 0 N–H and O–H groups in total. The molecule has 17 heavy (non-hydrogen) atoms. The monoisotopic (exact) mass is 271 g/mol. The second kappa shape index (κ2) is 4.43. The lowest BCUT2D eigenvalue weighted by atomic mass is 9.99. The SMILES string of the molecule is Cc1nc2c(F)cc(Cl)cc2c(Cl)c1C(C)C. The first-order valence-corrected chi connectivity index (χ1v) is 6.12. The fraction of sp³-hybridized carbons (Fsp3) is 0.308. The Kier molecular flexibility index (Phi) is 3.28. The number of hydrogen-bond acceptors (Lipinski definition) is 1. The Balaban J connectivity index is 2.92. The Labute approximate surface area is 110 Å². The normalized spacial score (nSPS) is 11.5. The average Bonchev–Trinajstić information content (AvgIpc) is 2.19. The second-order valence-corrected chi connectivity index (χ2v) is 5.18. The van der Waals surface area contributed by atoms with Gasteiger partial charge in [0.15, 0.2) is 5.82 Å². The van der Waals surface area contributed by atoms with Crippen LogP contribution in [0.2, 0.25) is 10.0 Å². The summed E-state index contributed by atoms with van der Waals surface area (Å²) < 4.78 is 13.7. The van der Waals surface area contributed by atoms with E-state index in [0.29, 0.717) is 15.4 Å². The highest BCUT2D eigenvalue weighted by Gasteiger charge is 2.16. The number of halogens is 3. The molecule has 0 saturated heterocycles. The van der Waals surface area contributed by atoms with Gasteiger partial charge >= 0.3 is 0 Å². The van der Waals surface area contributed by atoms with Gasteiger partial charge in [-0.15, -0.1) is 0 Å². The molecule has 1 aromatic carbocycles. The van der Waals surface area contributed by atoms with Crippen LogP contribution in [-0.2, 0) is 0 Å². The minimum atomic E-state index is -0.437. The summed E-state index contributed by atoms with van der Waals surface area (Å²) >= 11 is 12.2. The van der Waals surface area contributed by atoms with E-state index < -0.39 is 5.82 Å². The standard InChI is InChI=1S/C13H12Cl2FN/c1-6(2)11-7(3)17-13-9(12(11)15)4-8(14)5-10(13)16/h4-6H,1-3H3. The summed E-state index contributed by atoms with van der Waals surface area (Å²) in [6, 6.07) is 2.91. The van der Waals surface area contributed by atoms with E-state index in [1.54, 1.807) is 6.07 Å². The Bertz CT molecular complexity index is 594. The predicted molar refractivity (Wildman–Crippen MR) is 70.5 cm³/mol. The lowest BCUT2D eigenvalue weighted by molar-refractivity contribution is 0.636. The van der Waals surface area contributed by atoms with Crippen molar-refractivity contribution in [2.75, 3.05) is 0 Å². The van der Waals surface area contributed by atoms with Crippen LogP contribution in [0.1, 0.15) is 31.0 Å². The van der Waals surface area contributed by atoms with Crippen LogP contribution >= 0.6 is 23.2 Å². The van der Waals surface area contributed by atoms with Gasteiger partial charge in [0, 0.05) is 16.1 Å². The molecule has 90 valence electrons. The largest absolute Gasteiger partial charge is 0.250 e. The van der Waals surface area contributed by atoms with Crippen LogP contribution in [0.15, 0.2) is 12.1 Å². The number of nitrogens with zero attached hydrogens (tertiary/aromatic N) is 1. The molecule has 0 aliphatic carbocycles. The Morgan fingerprint density at radius 3 is 2.47 bits per heavy atom. The number of aromatic nitrogens is 1. The van der Waals surface area contributed by atoms with Crippen LogP contribution in [0, 0.1) is 12.7 Å². The van der Waals surface area contributed by atoms with Crippen LogP contribution in [0.3, 0.4) is 0 Å². The van der Waals surface area contributed by atoms with Gasteiger partial charge in [-0.05, 0) is 30.5 Å². The molecule has 0 bridgehead atoms. The third-order valence-electron chi connectivity index (χ3n) is 2.75. The first kappa shape index (κ1) is 12.6. The lowest BCUT2D eigenvalue weighted by Gasteiger charge is -2.14. The highest BCUT2D eigenvalue weighted by atomic mass is 35.5. The summed E-state index contributed by atoms with van der Waals surface area (Å²) in [7, 11) is 0. The van der Waals surface area contributed by atoms with Crippen molar-refractivity contribution in [3.63, 3.8) is 0 Å².